The Morgan fingerprint density at radius 1 is 0.925 bits per heavy atom. The number of benzene rings is 4. The van der Waals surface area contributed by atoms with Crippen molar-refractivity contribution in [1.29, 1.82) is 0 Å². The molecule has 1 aliphatic carbocycles. The number of aryl methyl sites for hydroxylation is 1. The first kappa shape index (κ1) is 25.9. The van der Waals surface area contributed by atoms with Crippen LogP contribution in [-0.2, 0) is 6.61 Å². The average molecular weight is 533 g/mol. The molecule has 0 aromatic heterocycles. The molecular formula is C35H33FN2O2. The van der Waals surface area contributed by atoms with Crippen LogP contribution in [0.4, 0.5) is 15.8 Å². The average Bonchev–Trinajstić information content (AvgIpc) is 3.47. The Morgan fingerprint density at radius 2 is 1.75 bits per heavy atom. The summed E-state index contributed by atoms with van der Waals surface area (Å²) in [5.74, 6) is 2.01. The van der Waals surface area contributed by atoms with E-state index in [0.29, 0.717) is 36.5 Å². The minimum absolute atomic E-state index is 0.261. The van der Waals surface area contributed by atoms with Gasteiger partial charge in [-0.1, -0.05) is 54.1 Å². The highest BCUT2D eigenvalue weighted by atomic mass is 19.1. The molecule has 0 fully saturated rings. The van der Waals surface area contributed by atoms with Crippen molar-refractivity contribution in [1.82, 2.24) is 0 Å². The molecule has 2 aliphatic rings. The number of aliphatic imine (C=N–C) groups is 1. The third-order valence-corrected chi connectivity index (χ3v) is 7.71. The predicted octanol–water partition coefficient (Wildman–Crippen LogP) is 8.69. The molecule has 1 heterocycles. The van der Waals surface area contributed by atoms with Gasteiger partial charge in [0.1, 0.15) is 12.4 Å². The zero-order valence-corrected chi connectivity index (χ0v) is 22.8. The van der Waals surface area contributed by atoms with Crippen molar-refractivity contribution in [3.05, 3.63) is 131 Å². The first-order valence-electron chi connectivity index (χ1n) is 13.9. The number of ether oxygens (including phenoxy) is 2. The normalized spacial score (nSPS) is 19.2. The van der Waals surface area contributed by atoms with Crippen molar-refractivity contribution in [2.75, 3.05) is 11.9 Å². The summed E-state index contributed by atoms with van der Waals surface area (Å²) in [6.07, 6.45) is 7.64. The lowest BCUT2D eigenvalue weighted by molar-refractivity contribution is 0.269. The van der Waals surface area contributed by atoms with Gasteiger partial charge in [-0.3, -0.25) is 4.99 Å². The number of nitrogens with one attached hydrogen (secondary N) is 1. The summed E-state index contributed by atoms with van der Waals surface area (Å²) in [5, 5.41) is 3.81. The summed E-state index contributed by atoms with van der Waals surface area (Å²) < 4.78 is 25.0. The van der Waals surface area contributed by atoms with Crippen molar-refractivity contribution in [3.8, 4) is 11.5 Å². The van der Waals surface area contributed by atoms with Crippen molar-refractivity contribution >= 4 is 17.6 Å². The van der Waals surface area contributed by atoms with Gasteiger partial charge in [-0.05, 0) is 97.0 Å². The van der Waals surface area contributed by atoms with Crippen molar-refractivity contribution in [2.45, 2.75) is 38.8 Å². The molecule has 0 spiro atoms. The van der Waals surface area contributed by atoms with Crippen LogP contribution in [0.3, 0.4) is 0 Å². The highest BCUT2D eigenvalue weighted by Crippen LogP contribution is 2.50. The van der Waals surface area contributed by atoms with E-state index in [4.69, 9.17) is 14.5 Å². The van der Waals surface area contributed by atoms with Gasteiger partial charge in [0.05, 0.1) is 18.3 Å². The molecule has 4 aromatic carbocycles. The summed E-state index contributed by atoms with van der Waals surface area (Å²) in [6.45, 7) is 4.95. The Morgan fingerprint density at radius 3 is 2.55 bits per heavy atom. The fraction of sp³-hybridized carbons (Fsp3) is 0.229. The van der Waals surface area contributed by atoms with Crippen LogP contribution in [0, 0.1) is 18.7 Å². The number of allylic oxidation sites excluding steroid dienone is 2. The van der Waals surface area contributed by atoms with E-state index in [1.165, 1.54) is 34.5 Å². The van der Waals surface area contributed by atoms with E-state index in [1.54, 1.807) is 12.1 Å². The maximum absolute atomic E-state index is 13.2. The maximum atomic E-state index is 13.2. The van der Waals surface area contributed by atoms with E-state index in [2.05, 4.69) is 66.9 Å². The highest BCUT2D eigenvalue weighted by molar-refractivity contribution is 5.83. The smallest absolute Gasteiger partial charge is 0.161 e. The number of nitrogens with zero attached hydrogens (tertiary/aromatic N) is 1. The monoisotopic (exact) mass is 532 g/mol. The Kier molecular flexibility index (Phi) is 7.37. The molecule has 0 unspecified atom stereocenters. The number of anilines is 1. The third kappa shape index (κ3) is 5.50. The molecule has 0 saturated carbocycles. The molecule has 4 nitrogen and oxygen atoms in total. The van der Waals surface area contributed by atoms with Crippen LogP contribution in [0.1, 0.15) is 53.1 Å². The number of rotatable bonds is 8. The predicted molar refractivity (Wildman–Crippen MR) is 160 cm³/mol. The molecule has 0 bridgehead atoms. The lowest BCUT2D eigenvalue weighted by atomic mass is 9.76. The van der Waals surface area contributed by atoms with Crippen LogP contribution in [-0.4, -0.2) is 12.8 Å². The topological polar surface area (TPSA) is 42.8 Å². The van der Waals surface area contributed by atoms with E-state index in [1.807, 2.05) is 31.3 Å². The largest absolute Gasteiger partial charge is 0.490 e. The maximum Gasteiger partial charge on any atom is 0.161 e. The molecule has 1 N–H and O–H groups in total. The Labute approximate surface area is 235 Å². The lowest BCUT2D eigenvalue weighted by Crippen LogP contribution is -2.29. The second-order valence-electron chi connectivity index (χ2n) is 10.5. The van der Waals surface area contributed by atoms with Crippen LogP contribution >= 0.6 is 0 Å². The second kappa shape index (κ2) is 11.4. The van der Waals surface area contributed by atoms with Gasteiger partial charge in [0, 0.05) is 17.8 Å². The van der Waals surface area contributed by atoms with Crippen molar-refractivity contribution < 1.29 is 13.9 Å². The molecule has 5 heteroatoms. The van der Waals surface area contributed by atoms with E-state index >= 15 is 0 Å². The third-order valence-electron chi connectivity index (χ3n) is 7.71. The Bertz CT molecular complexity index is 1540. The van der Waals surface area contributed by atoms with E-state index < -0.39 is 0 Å². The van der Waals surface area contributed by atoms with E-state index in [0.717, 1.165) is 23.2 Å². The van der Waals surface area contributed by atoms with Crippen LogP contribution < -0.4 is 14.8 Å². The molecule has 0 radical (unpaired) electrons. The van der Waals surface area contributed by atoms with E-state index in [9.17, 15) is 4.39 Å². The number of halogens is 1. The molecule has 0 saturated heterocycles. The van der Waals surface area contributed by atoms with Crippen molar-refractivity contribution in [3.63, 3.8) is 0 Å². The summed E-state index contributed by atoms with van der Waals surface area (Å²) in [4.78, 5) is 4.72. The number of hydrogen-bond donors (Lipinski definition) is 1. The van der Waals surface area contributed by atoms with Crippen LogP contribution in [0.15, 0.2) is 102 Å². The van der Waals surface area contributed by atoms with Gasteiger partial charge in [0.15, 0.2) is 11.5 Å². The first-order chi connectivity index (χ1) is 19.6. The first-order valence-corrected chi connectivity index (χ1v) is 13.9. The van der Waals surface area contributed by atoms with Gasteiger partial charge < -0.3 is 14.8 Å². The molecule has 40 heavy (non-hydrogen) atoms. The van der Waals surface area contributed by atoms with Gasteiger partial charge in [0.2, 0.25) is 0 Å². The summed E-state index contributed by atoms with van der Waals surface area (Å²) in [6, 6.07) is 27.6. The Hall–Kier alpha value is -4.38. The minimum atomic E-state index is -0.261. The molecule has 4 aromatic rings. The van der Waals surface area contributed by atoms with Gasteiger partial charge in [-0.25, -0.2) is 4.39 Å². The van der Waals surface area contributed by atoms with Gasteiger partial charge >= 0.3 is 0 Å². The van der Waals surface area contributed by atoms with E-state index in [-0.39, 0.29) is 11.9 Å². The molecular weight excluding hydrogens is 499 g/mol. The number of hydrogen-bond acceptors (Lipinski definition) is 4. The van der Waals surface area contributed by atoms with Gasteiger partial charge in [-0.2, -0.15) is 0 Å². The van der Waals surface area contributed by atoms with Gasteiger partial charge in [0.25, 0.3) is 0 Å². The molecule has 0 amide bonds. The second-order valence-corrected chi connectivity index (χ2v) is 10.5. The SMILES string of the molecule is CCOc1cc(C=Nc2ccc([C@@H]3Nc4ccc(C)cc4[C@H]4C=CC[C@H]43)cc2)ccc1OCc1ccc(F)cc1. The zero-order chi connectivity index (χ0) is 27.5. The van der Waals surface area contributed by atoms with Crippen LogP contribution in [0.5, 0.6) is 11.5 Å². The molecule has 1 aliphatic heterocycles. The fourth-order valence-electron chi connectivity index (χ4n) is 5.69. The summed E-state index contributed by atoms with van der Waals surface area (Å²) in [5.41, 5.74) is 7.94. The van der Waals surface area contributed by atoms with Crippen LogP contribution in [0.2, 0.25) is 0 Å². The number of fused-ring (bicyclic) bond motifs is 3. The Balaban J connectivity index is 1.15. The summed E-state index contributed by atoms with van der Waals surface area (Å²) >= 11 is 0. The minimum Gasteiger partial charge on any atom is -0.490 e. The molecule has 3 atom stereocenters. The zero-order valence-electron chi connectivity index (χ0n) is 22.8. The quantitative estimate of drug-likeness (QED) is 0.182. The molecule has 6 rings (SSSR count). The van der Waals surface area contributed by atoms with Crippen LogP contribution in [0.25, 0.3) is 0 Å². The lowest BCUT2D eigenvalue weighted by Gasteiger charge is -2.37. The highest BCUT2D eigenvalue weighted by Gasteiger charge is 2.37. The van der Waals surface area contributed by atoms with Gasteiger partial charge in [-0.15, -0.1) is 0 Å². The van der Waals surface area contributed by atoms with Crippen molar-refractivity contribution in [2.24, 2.45) is 10.9 Å². The standard InChI is InChI=1S/C35H33FN2O2/c1-3-39-34-20-25(10-18-33(34)40-22-24-8-13-27(36)14-9-24)21-37-28-15-11-26(12-16-28)35-30-6-4-5-29(30)31-19-23(2)7-17-32(31)38-35/h4-5,7-21,29-30,35,38H,3,6,22H2,1-2H3/t29-,30+,35-/m0/s1. The summed E-state index contributed by atoms with van der Waals surface area (Å²) in [7, 11) is 0. The molecule has 202 valence electrons. The fourth-order valence-corrected chi connectivity index (χ4v) is 5.69.